The summed E-state index contributed by atoms with van der Waals surface area (Å²) >= 11 is 0. The van der Waals surface area contributed by atoms with E-state index >= 15 is 0 Å². The average molecular weight is 393 g/mol. The first-order valence-electron chi connectivity index (χ1n) is 8.15. The average Bonchev–Trinajstić information content (AvgIpc) is 3.19. The van der Waals surface area contributed by atoms with Gasteiger partial charge < -0.3 is 20.4 Å². The Labute approximate surface area is 160 Å². The van der Waals surface area contributed by atoms with E-state index in [-0.39, 0.29) is 49.2 Å². The van der Waals surface area contributed by atoms with E-state index in [4.69, 9.17) is 0 Å². The van der Waals surface area contributed by atoms with Crippen LogP contribution in [0, 0.1) is 0 Å². The van der Waals surface area contributed by atoms with Gasteiger partial charge in [-0.05, 0) is 26.4 Å². The van der Waals surface area contributed by atoms with Gasteiger partial charge in [-0.3, -0.25) is 14.3 Å². The fraction of sp³-hybridized carbons (Fsp3) is 0.667. The maximum absolute atomic E-state index is 12.3. The van der Waals surface area contributed by atoms with Crippen molar-refractivity contribution in [2.45, 2.75) is 25.4 Å². The van der Waals surface area contributed by atoms with Gasteiger partial charge in [0.2, 0.25) is 11.8 Å². The van der Waals surface area contributed by atoms with Gasteiger partial charge in [-0.2, -0.15) is 5.10 Å². The van der Waals surface area contributed by atoms with Gasteiger partial charge in [-0.25, -0.2) is 0 Å². The van der Waals surface area contributed by atoms with Crippen molar-refractivity contribution in [1.29, 1.82) is 0 Å². The molecule has 0 aromatic carbocycles. The van der Waals surface area contributed by atoms with Crippen molar-refractivity contribution >= 4 is 42.3 Å². The second-order valence-corrected chi connectivity index (χ2v) is 6.25. The Kier molecular flexibility index (Phi) is 8.64. The molecule has 1 unspecified atom stereocenters. The highest BCUT2D eigenvalue weighted by Crippen LogP contribution is 2.10. The Morgan fingerprint density at radius 1 is 1.28 bits per heavy atom. The first-order chi connectivity index (χ1) is 11.1. The number of rotatable bonds is 4. The van der Waals surface area contributed by atoms with Crippen molar-refractivity contribution in [1.82, 2.24) is 24.9 Å². The van der Waals surface area contributed by atoms with Crippen molar-refractivity contribution in [3.8, 4) is 0 Å². The van der Waals surface area contributed by atoms with E-state index < -0.39 is 0 Å². The first-order valence-corrected chi connectivity index (χ1v) is 8.15. The van der Waals surface area contributed by atoms with E-state index in [2.05, 4.69) is 27.7 Å². The van der Waals surface area contributed by atoms with Gasteiger partial charge in [0.15, 0.2) is 0 Å². The second kappa shape index (κ2) is 9.96. The summed E-state index contributed by atoms with van der Waals surface area (Å²) in [5.41, 5.74) is 0.634. The van der Waals surface area contributed by atoms with Crippen molar-refractivity contribution in [2.24, 2.45) is 0 Å². The molecule has 0 bridgehead atoms. The maximum atomic E-state index is 12.3. The van der Waals surface area contributed by atoms with Gasteiger partial charge in [0, 0.05) is 32.4 Å². The number of nitrogens with zero attached hydrogens (tertiary/aromatic N) is 4. The minimum Gasteiger partial charge on any atom is -0.339 e. The van der Waals surface area contributed by atoms with Crippen LogP contribution in [0.3, 0.4) is 0 Å². The molecule has 3 rings (SSSR count). The summed E-state index contributed by atoms with van der Waals surface area (Å²) < 4.78 is 1.58. The van der Waals surface area contributed by atoms with Crippen molar-refractivity contribution in [3.05, 3.63) is 12.4 Å². The first kappa shape index (κ1) is 21.7. The van der Waals surface area contributed by atoms with Crippen LogP contribution >= 0.6 is 24.8 Å². The maximum Gasteiger partial charge on any atom is 0.244 e. The van der Waals surface area contributed by atoms with Crippen LogP contribution in [0.1, 0.15) is 12.8 Å². The standard InChI is InChI=1S/C15H24N6O2.2ClH/c1-19-5-7-20(8-6-19)14(22)11-21-10-12(9-17-21)18-15(23)13-3-2-4-16-13;;/h9-10,13,16H,2-8,11H2,1H3,(H,18,23);2*1H. The minimum atomic E-state index is -0.120. The Bertz CT molecular complexity index is 568. The number of hydrogen-bond donors (Lipinski definition) is 2. The SMILES string of the molecule is CN1CCN(C(=O)Cn2cc(NC(=O)C3CCCN3)cn2)CC1.Cl.Cl. The van der Waals surface area contributed by atoms with Crippen LogP contribution in [0.25, 0.3) is 0 Å². The van der Waals surface area contributed by atoms with E-state index in [1.165, 1.54) is 0 Å². The van der Waals surface area contributed by atoms with Crippen LogP contribution in [0.4, 0.5) is 5.69 Å². The molecule has 10 heteroatoms. The molecule has 8 nitrogen and oxygen atoms in total. The number of carbonyl (C=O) groups excluding carboxylic acids is 2. The second-order valence-electron chi connectivity index (χ2n) is 6.25. The molecule has 2 saturated heterocycles. The number of halogens is 2. The fourth-order valence-corrected chi connectivity index (χ4v) is 2.95. The molecule has 2 aliphatic rings. The molecular weight excluding hydrogens is 367 g/mol. The third kappa shape index (κ3) is 5.85. The highest BCUT2D eigenvalue weighted by Gasteiger charge is 2.23. The van der Waals surface area contributed by atoms with Gasteiger partial charge in [0.1, 0.15) is 6.54 Å². The van der Waals surface area contributed by atoms with Gasteiger partial charge >= 0.3 is 0 Å². The topological polar surface area (TPSA) is 82.5 Å². The molecule has 1 atom stereocenters. The third-order valence-corrected chi connectivity index (χ3v) is 4.43. The van der Waals surface area contributed by atoms with E-state index in [1.54, 1.807) is 17.1 Å². The number of nitrogens with one attached hydrogen (secondary N) is 2. The number of anilines is 1. The summed E-state index contributed by atoms with van der Waals surface area (Å²) in [4.78, 5) is 28.4. The zero-order valence-corrected chi connectivity index (χ0v) is 15.9. The lowest BCUT2D eigenvalue weighted by Crippen LogP contribution is -2.48. The monoisotopic (exact) mass is 392 g/mol. The molecule has 2 N–H and O–H groups in total. The summed E-state index contributed by atoms with van der Waals surface area (Å²) in [6.07, 6.45) is 5.18. The summed E-state index contributed by atoms with van der Waals surface area (Å²) in [6, 6.07) is -0.120. The molecule has 1 aromatic heterocycles. The van der Waals surface area contributed by atoms with E-state index in [0.717, 1.165) is 45.6 Å². The number of amides is 2. The fourth-order valence-electron chi connectivity index (χ4n) is 2.95. The van der Waals surface area contributed by atoms with Crippen LogP contribution < -0.4 is 10.6 Å². The molecule has 2 aliphatic heterocycles. The largest absolute Gasteiger partial charge is 0.339 e. The molecule has 0 spiro atoms. The summed E-state index contributed by atoms with van der Waals surface area (Å²) in [6.45, 7) is 4.42. The summed E-state index contributed by atoms with van der Waals surface area (Å²) in [7, 11) is 2.06. The van der Waals surface area contributed by atoms with Crippen LogP contribution in [-0.2, 0) is 16.1 Å². The number of hydrogen-bond acceptors (Lipinski definition) is 5. The summed E-state index contributed by atoms with van der Waals surface area (Å²) in [5, 5.41) is 10.2. The van der Waals surface area contributed by atoms with Gasteiger partial charge in [0.05, 0.1) is 17.9 Å². The lowest BCUT2D eigenvalue weighted by Gasteiger charge is -2.32. The lowest BCUT2D eigenvalue weighted by molar-refractivity contribution is -0.133. The van der Waals surface area contributed by atoms with Crippen LogP contribution in [0.2, 0.25) is 0 Å². The molecule has 2 fully saturated rings. The molecule has 1 aromatic rings. The van der Waals surface area contributed by atoms with Crippen LogP contribution in [0.15, 0.2) is 12.4 Å². The normalized spacial score (nSPS) is 20.5. The van der Waals surface area contributed by atoms with Crippen molar-refractivity contribution in [3.63, 3.8) is 0 Å². The quantitative estimate of drug-likeness (QED) is 0.764. The highest BCUT2D eigenvalue weighted by atomic mass is 35.5. The number of likely N-dealkylation sites (N-methyl/N-ethyl adjacent to an activating group) is 1. The van der Waals surface area contributed by atoms with Crippen molar-refractivity contribution in [2.75, 3.05) is 45.1 Å². The molecular formula is C15H26Cl2N6O2. The van der Waals surface area contributed by atoms with E-state index in [1.807, 2.05) is 4.90 Å². The smallest absolute Gasteiger partial charge is 0.244 e. The van der Waals surface area contributed by atoms with Crippen LogP contribution in [0.5, 0.6) is 0 Å². The third-order valence-electron chi connectivity index (χ3n) is 4.43. The molecule has 25 heavy (non-hydrogen) atoms. The molecule has 0 saturated carbocycles. The molecule has 3 heterocycles. The molecule has 2 amide bonds. The zero-order chi connectivity index (χ0) is 16.2. The number of aromatic nitrogens is 2. The van der Waals surface area contributed by atoms with Gasteiger partial charge in [0.25, 0.3) is 0 Å². The Morgan fingerprint density at radius 3 is 2.64 bits per heavy atom. The Balaban J connectivity index is 0.00000156. The van der Waals surface area contributed by atoms with Gasteiger partial charge in [-0.15, -0.1) is 24.8 Å². The number of piperazine rings is 1. The van der Waals surface area contributed by atoms with Crippen LogP contribution in [-0.4, -0.2) is 77.2 Å². The van der Waals surface area contributed by atoms with Crippen molar-refractivity contribution < 1.29 is 9.59 Å². The summed E-state index contributed by atoms with van der Waals surface area (Å²) in [5.74, 6) is 0.0315. The zero-order valence-electron chi connectivity index (χ0n) is 14.3. The van der Waals surface area contributed by atoms with E-state index in [9.17, 15) is 9.59 Å². The predicted molar refractivity (Wildman–Crippen MR) is 100 cm³/mol. The minimum absolute atomic E-state index is 0. The molecule has 142 valence electrons. The lowest BCUT2D eigenvalue weighted by atomic mass is 10.2. The number of carbonyl (C=O) groups is 2. The Morgan fingerprint density at radius 2 is 2.00 bits per heavy atom. The van der Waals surface area contributed by atoms with Gasteiger partial charge in [-0.1, -0.05) is 0 Å². The molecule has 0 aliphatic carbocycles. The van der Waals surface area contributed by atoms with E-state index in [0.29, 0.717) is 5.69 Å². The Hall–Kier alpha value is -1.35. The highest BCUT2D eigenvalue weighted by molar-refractivity contribution is 5.94. The predicted octanol–water partition coefficient (Wildman–Crippen LogP) is 0.191. The molecule has 0 radical (unpaired) electrons.